The molecule has 0 aliphatic rings. The van der Waals surface area contributed by atoms with Gasteiger partial charge in [0.1, 0.15) is 5.75 Å². The van der Waals surface area contributed by atoms with Gasteiger partial charge in [0, 0.05) is 24.1 Å². The molecule has 0 saturated carbocycles. The lowest BCUT2D eigenvalue weighted by Gasteiger charge is -2.18. The Balaban J connectivity index is 1.49. The third-order valence-corrected chi connectivity index (χ3v) is 4.65. The summed E-state index contributed by atoms with van der Waals surface area (Å²) < 4.78 is 10.4. The number of methoxy groups -OCH3 is 1. The van der Waals surface area contributed by atoms with Gasteiger partial charge >= 0.3 is 0 Å². The number of aromatic nitrogens is 2. The van der Waals surface area contributed by atoms with Crippen LogP contribution in [0.5, 0.6) is 5.75 Å². The molecule has 0 spiro atoms. The highest BCUT2D eigenvalue weighted by Gasteiger charge is 2.15. The Morgan fingerprint density at radius 3 is 2.38 bits per heavy atom. The van der Waals surface area contributed by atoms with Gasteiger partial charge in [0.05, 0.1) is 7.11 Å². The summed E-state index contributed by atoms with van der Waals surface area (Å²) in [6.45, 7) is 6.54. The second-order valence-corrected chi connectivity index (χ2v) is 7.97. The van der Waals surface area contributed by atoms with Crippen molar-refractivity contribution in [3.05, 3.63) is 60.0 Å². The molecular formula is C23H27N3O3. The standard InChI is InChI=1S/C23H27N3O3/c1-23(2,3)17-10-8-16(9-11-17)22-25-21(29-26-22)7-5-6-20(27)24-18-12-14-19(28-4)15-13-18/h8-15H,5-7H2,1-4H3,(H,24,27). The Labute approximate surface area is 171 Å². The maximum absolute atomic E-state index is 12.1. The highest BCUT2D eigenvalue weighted by Crippen LogP contribution is 2.25. The Bertz CT molecular complexity index is 939. The maximum atomic E-state index is 12.1. The molecule has 1 aromatic heterocycles. The van der Waals surface area contributed by atoms with Gasteiger partial charge in [0.15, 0.2) is 0 Å². The van der Waals surface area contributed by atoms with Crippen molar-refractivity contribution in [1.29, 1.82) is 0 Å². The first-order chi connectivity index (χ1) is 13.8. The summed E-state index contributed by atoms with van der Waals surface area (Å²) in [4.78, 5) is 16.5. The van der Waals surface area contributed by atoms with E-state index in [4.69, 9.17) is 9.26 Å². The largest absolute Gasteiger partial charge is 0.497 e. The van der Waals surface area contributed by atoms with Gasteiger partial charge in [0.2, 0.25) is 17.6 Å². The van der Waals surface area contributed by atoms with Gasteiger partial charge < -0.3 is 14.6 Å². The molecular weight excluding hydrogens is 366 g/mol. The fourth-order valence-electron chi connectivity index (χ4n) is 2.89. The minimum absolute atomic E-state index is 0.0484. The minimum Gasteiger partial charge on any atom is -0.497 e. The van der Waals surface area contributed by atoms with Crippen molar-refractivity contribution in [3.63, 3.8) is 0 Å². The van der Waals surface area contributed by atoms with Gasteiger partial charge in [-0.3, -0.25) is 4.79 Å². The lowest BCUT2D eigenvalue weighted by Crippen LogP contribution is -2.11. The average Bonchev–Trinajstić information content (AvgIpc) is 3.17. The molecule has 6 heteroatoms. The Hall–Kier alpha value is -3.15. The molecule has 0 radical (unpaired) electrons. The topological polar surface area (TPSA) is 77.2 Å². The van der Waals surface area contributed by atoms with E-state index in [1.54, 1.807) is 7.11 Å². The SMILES string of the molecule is COc1ccc(NC(=O)CCCc2nc(-c3ccc(C(C)(C)C)cc3)no2)cc1. The second kappa shape index (κ2) is 8.90. The van der Waals surface area contributed by atoms with Crippen LogP contribution in [0.15, 0.2) is 53.1 Å². The highest BCUT2D eigenvalue weighted by molar-refractivity contribution is 5.90. The fraction of sp³-hybridized carbons (Fsp3) is 0.348. The number of carbonyl (C=O) groups excluding carboxylic acids is 1. The van der Waals surface area contributed by atoms with Crippen LogP contribution in [0.1, 0.15) is 45.1 Å². The van der Waals surface area contributed by atoms with Gasteiger partial charge in [-0.25, -0.2) is 0 Å². The van der Waals surface area contributed by atoms with Gasteiger partial charge in [-0.15, -0.1) is 0 Å². The molecule has 0 atom stereocenters. The third-order valence-electron chi connectivity index (χ3n) is 4.65. The quantitative estimate of drug-likeness (QED) is 0.611. The van der Waals surface area contributed by atoms with E-state index in [9.17, 15) is 4.79 Å². The first-order valence-electron chi connectivity index (χ1n) is 9.72. The highest BCUT2D eigenvalue weighted by atomic mass is 16.5. The van der Waals surface area contributed by atoms with E-state index in [2.05, 4.69) is 48.4 Å². The number of nitrogens with one attached hydrogen (secondary N) is 1. The molecule has 0 saturated heterocycles. The van der Waals surface area contributed by atoms with Crippen molar-refractivity contribution in [2.24, 2.45) is 0 Å². The van der Waals surface area contributed by atoms with Crippen molar-refractivity contribution in [3.8, 4) is 17.1 Å². The molecule has 1 heterocycles. The second-order valence-electron chi connectivity index (χ2n) is 7.97. The van der Waals surface area contributed by atoms with Crippen molar-refractivity contribution in [2.45, 2.75) is 45.4 Å². The summed E-state index contributed by atoms with van der Waals surface area (Å²) in [7, 11) is 1.61. The number of hydrogen-bond donors (Lipinski definition) is 1. The first-order valence-corrected chi connectivity index (χ1v) is 9.72. The predicted octanol–water partition coefficient (Wildman–Crippen LogP) is 5.00. The molecule has 3 rings (SSSR count). The molecule has 0 unspecified atom stereocenters. The molecule has 0 bridgehead atoms. The lowest BCUT2D eigenvalue weighted by atomic mass is 9.87. The number of anilines is 1. The number of hydrogen-bond acceptors (Lipinski definition) is 5. The summed E-state index contributed by atoms with van der Waals surface area (Å²) >= 11 is 0. The van der Waals surface area contributed by atoms with Crippen LogP contribution in [0, 0.1) is 0 Å². The molecule has 0 aliphatic heterocycles. The Morgan fingerprint density at radius 1 is 1.07 bits per heavy atom. The molecule has 3 aromatic rings. The van der Waals surface area contributed by atoms with Crippen LogP contribution in [0.2, 0.25) is 0 Å². The zero-order valence-electron chi connectivity index (χ0n) is 17.4. The van der Waals surface area contributed by atoms with E-state index in [1.807, 2.05) is 36.4 Å². The number of carbonyl (C=O) groups is 1. The zero-order chi connectivity index (χ0) is 20.9. The van der Waals surface area contributed by atoms with Crippen LogP contribution in [0.25, 0.3) is 11.4 Å². The van der Waals surface area contributed by atoms with Crippen molar-refractivity contribution in [1.82, 2.24) is 10.1 Å². The van der Waals surface area contributed by atoms with Crippen LogP contribution in [0.3, 0.4) is 0 Å². The van der Waals surface area contributed by atoms with Crippen LogP contribution in [-0.2, 0) is 16.6 Å². The number of amides is 1. The van der Waals surface area contributed by atoms with E-state index in [-0.39, 0.29) is 11.3 Å². The molecule has 1 amide bonds. The number of rotatable bonds is 7. The predicted molar refractivity (Wildman–Crippen MR) is 113 cm³/mol. The van der Waals surface area contributed by atoms with E-state index >= 15 is 0 Å². The zero-order valence-corrected chi connectivity index (χ0v) is 17.4. The van der Waals surface area contributed by atoms with E-state index in [0.29, 0.717) is 31.0 Å². The van der Waals surface area contributed by atoms with Crippen LogP contribution in [-0.4, -0.2) is 23.2 Å². The molecule has 29 heavy (non-hydrogen) atoms. The van der Waals surface area contributed by atoms with Crippen LogP contribution in [0.4, 0.5) is 5.69 Å². The normalized spacial score (nSPS) is 11.3. The monoisotopic (exact) mass is 393 g/mol. The van der Waals surface area contributed by atoms with E-state index in [1.165, 1.54) is 5.56 Å². The Kier molecular flexibility index (Phi) is 6.32. The summed E-state index contributed by atoms with van der Waals surface area (Å²) in [5.74, 6) is 1.82. The third kappa shape index (κ3) is 5.67. The molecule has 6 nitrogen and oxygen atoms in total. The molecule has 1 N–H and O–H groups in total. The summed E-state index contributed by atoms with van der Waals surface area (Å²) in [6.07, 6.45) is 1.57. The molecule has 2 aromatic carbocycles. The summed E-state index contributed by atoms with van der Waals surface area (Å²) in [5.41, 5.74) is 3.03. The number of aryl methyl sites for hydroxylation is 1. The maximum Gasteiger partial charge on any atom is 0.226 e. The van der Waals surface area contributed by atoms with Crippen molar-refractivity contribution < 1.29 is 14.1 Å². The lowest BCUT2D eigenvalue weighted by molar-refractivity contribution is -0.116. The Morgan fingerprint density at radius 2 is 1.76 bits per heavy atom. The van der Waals surface area contributed by atoms with Gasteiger partial charge in [-0.05, 0) is 41.7 Å². The van der Waals surface area contributed by atoms with Gasteiger partial charge in [-0.2, -0.15) is 4.98 Å². The smallest absolute Gasteiger partial charge is 0.226 e. The average molecular weight is 393 g/mol. The van der Waals surface area contributed by atoms with Gasteiger partial charge in [-0.1, -0.05) is 50.2 Å². The van der Waals surface area contributed by atoms with E-state index < -0.39 is 0 Å². The minimum atomic E-state index is -0.0484. The van der Waals surface area contributed by atoms with Gasteiger partial charge in [0.25, 0.3) is 0 Å². The summed E-state index contributed by atoms with van der Waals surface area (Å²) in [6, 6.07) is 15.4. The van der Waals surface area contributed by atoms with Crippen LogP contribution >= 0.6 is 0 Å². The first kappa shape index (κ1) is 20.6. The number of benzene rings is 2. The number of nitrogens with zero attached hydrogens (tertiary/aromatic N) is 2. The molecule has 0 aliphatic carbocycles. The van der Waals surface area contributed by atoms with Crippen molar-refractivity contribution in [2.75, 3.05) is 12.4 Å². The molecule has 152 valence electrons. The van der Waals surface area contributed by atoms with Crippen molar-refractivity contribution >= 4 is 11.6 Å². The molecule has 0 fully saturated rings. The number of ether oxygens (including phenoxy) is 1. The summed E-state index contributed by atoms with van der Waals surface area (Å²) in [5, 5.41) is 6.93. The fourth-order valence-corrected chi connectivity index (χ4v) is 2.89. The van der Waals surface area contributed by atoms with Crippen LogP contribution < -0.4 is 10.1 Å². The van der Waals surface area contributed by atoms with E-state index in [0.717, 1.165) is 17.0 Å².